The monoisotopic (exact) mass is 219 g/mol. The number of rotatable bonds is 4. The number of hydrogen-bond acceptors (Lipinski definition) is 2. The van der Waals surface area contributed by atoms with E-state index in [-0.39, 0.29) is 0 Å². The Balaban J connectivity index is 1.84. The van der Waals surface area contributed by atoms with Gasteiger partial charge in [-0.05, 0) is 36.6 Å². The van der Waals surface area contributed by atoms with Crippen LogP contribution in [0.3, 0.4) is 0 Å². The number of nitrogens with one attached hydrogen (secondary N) is 1. The first kappa shape index (κ1) is 11.5. The summed E-state index contributed by atoms with van der Waals surface area (Å²) in [7, 11) is 0. The first-order chi connectivity index (χ1) is 7.75. The molecule has 1 N–H and O–H groups in total. The second kappa shape index (κ2) is 5.35. The Morgan fingerprint density at radius 2 is 2.06 bits per heavy atom. The average Bonchev–Trinajstić information content (AvgIpc) is 2.80. The van der Waals surface area contributed by atoms with E-state index >= 15 is 0 Å². The molecule has 1 aliphatic rings. The molecular formula is C14H21NO. The highest BCUT2D eigenvalue weighted by atomic mass is 16.5. The Morgan fingerprint density at radius 3 is 2.62 bits per heavy atom. The van der Waals surface area contributed by atoms with Gasteiger partial charge in [0.15, 0.2) is 0 Å². The van der Waals surface area contributed by atoms with Gasteiger partial charge in [0.2, 0.25) is 0 Å². The Hall–Kier alpha value is -1.02. The summed E-state index contributed by atoms with van der Waals surface area (Å²) in [5, 5.41) is 3.35. The predicted molar refractivity (Wildman–Crippen MR) is 67.0 cm³/mol. The average molecular weight is 219 g/mol. The quantitative estimate of drug-likeness (QED) is 0.840. The minimum atomic E-state index is 0.591. The summed E-state index contributed by atoms with van der Waals surface area (Å²) in [5.74, 6) is 2.27. The molecule has 0 bridgehead atoms. The first-order valence-electron chi connectivity index (χ1n) is 6.19. The van der Waals surface area contributed by atoms with Crippen molar-refractivity contribution in [2.75, 3.05) is 19.7 Å². The molecular weight excluding hydrogens is 198 g/mol. The van der Waals surface area contributed by atoms with E-state index in [0.717, 1.165) is 25.4 Å². The van der Waals surface area contributed by atoms with Crippen molar-refractivity contribution >= 4 is 0 Å². The minimum Gasteiger partial charge on any atom is -0.493 e. The van der Waals surface area contributed by atoms with Gasteiger partial charge in [0.05, 0.1) is 6.61 Å². The van der Waals surface area contributed by atoms with Crippen LogP contribution in [-0.4, -0.2) is 19.7 Å². The highest BCUT2D eigenvalue weighted by molar-refractivity contribution is 5.28. The fraction of sp³-hybridized carbons (Fsp3) is 0.571. The zero-order chi connectivity index (χ0) is 11.4. The van der Waals surface area contributed by atoms with Crippen LogP contribution in [0.25, 0.3) is 0 Å². The summed E-state index contributed by atoms with van der Waals surface area (Å²) in [6, 6.07) is 8.48. The summed E-state index contributed by atoms with van der Waals surface area (Å²) in [6.07, 6.45) is 1.24. The Labute approximate surface area is 98.0 Å². The summed E-state index contributed by atoms with van der Waals surface area (Å²) >= 11 is 0. The summed E-state index contributed by atoms with van der Waals surface area (Å²) in [6.45, 7) is 7.50. The lowest BCUT2D eigenvalue weighted by atomic mass is 10.0. The molecule has 0 aromatic heterocycles. The van der Waals surface area contributed by atoms with Crippen LogP contribution in [0.4, 0.5) is 0 Å². The van der Waals surface area contributed by atoms with Crippen LogP contribution in [0.5, 0.6) is 5.75 Å². The number of hydrogen-bond donors (Lipinski definition) is 1. The number of ether oxygens (including phenoxy) is 1. The molecule has 2 nitrogen and oxygen atoms in total. The molecule has 1 fully saturated rings. The van der Waals surface area contributed by atoms with Gasteiger partial charge in [-0.3, -0.25) is 0 Å². The summed E-state index contributed by atoms with van der Waals surface area (Å²) < 4.78 is 5.78. The van der Waals surface area contributed by atoms with Crippen LogP contribution >= 0.6 is 0 Å². The molecule has 0 saturated carbocycles. The third kappa shape index (κ3) is 2.99. The van der Waals surface area contributed by atoms with Crippen molar-refractivity contribution in [1.82, 2.24) is 5.32 Å². The molecule has 88 valence electrons. The molecule has 0 radical (unpaired) electrons. The fourth-order valence-corrected chi connectivity index (χ4v) is 2.02. The van der Waals surface area contributed by atoms with Gasteiger partial charge >= 0.3 is 0 Å². The van der Waals surface area contributed by atoms with Crippen molar-refractivity contribution in [3.05, 3.63) is 29.8 Å². The Kier molecular flexibility index (Phi) is 3.83. The van der Waals surface area contributed by atoms with Crippen molar-refractivity contribution in [2.45, 2.75) is 26.2 Å². The van der Waals surface area contributed by atoms with E-state index in [4.69, 9.17) is 4.74 Å². The molecule has 0 amide bonds. The standard InChI is InChI=1S/C14H21NO/c1-11(2)13-3-5-14(6-4-13)16-10-12-7-8-15-9-12/h3-6,11-12,15H,7-10H2,1-2H3/t12-/m0/s1. The van der Waals surface area contributed by atoms with Gasteiger partial charge in [-0.15, -0.1) is 0 Å². The molecule has 16 heavy (non-hydrogen) atoms. The van der Waals surface area contributed by atoms with E-state index in [1.165, 1.54) is 12.0 Å². The summed E-state index contributed by atoms with van der Waals surface area (Å²) in [5.41, 5.74) is 1.37. The minimum absolute atomic E-state index is 0.591. The molecule has 2 heteroatoms. The van der Waals surface area contributed by atoms with Crippen molar-refractivity contribution < 1.29 is 4.74 Å². The maximum absolute atomic E-state index is 5.78. The van der Waals surface area contributed by atoms with Gasteiger partial charge in [0.1, 0.15) is 5.75 Å². The molecule has 0 aliphatic carbocycles. The van der Waals surface area contributed by atoms with Gasteiger partial charge in [-0.1, -0.05) is 26.0 Å². The molecule has 1 saturated heterocycles. The van der Waals surface area contributed by atoms with E-state index in [9.17, 15) is 0 Å². The van der Waals surface area contributed by atoms with E-state index in [1.807, 2.05) is 0 Å². The van der Waals surface area contributed by atoms with Crippen molar-refractivity contribution in [1.29, 1.82) is 0 Å². The molecule has 2 rings (SSSR count). The van der Waals surface area contributed by atoms with Crippen LogP contribution in [-0.2, 0) is 0 Å². The highest BCUT2D eigenvalue weighted by Gasteiger charge is 2.14. The molecule has 0 spiro atoms. The lowest BCUT2D eigenvalue weighted by Gasteiger charge is -2.12. The first-order valence-corrected chi connectivity index (χ1v) is 6.19. The zero-order valence-electron chi connectivity index (χ0n) is 10.2. The van der Waals surface area contributed by atoms with Gasteiger partial charge in [-0.25, -0.2) is 0 Å². The van der Waals surface area contributed by atoms with E-state index in [0.29, 0.717) is 11.8 Å². The maximum atomic E-state index is 5.78. The third-order valence-electron chi connectivity index (χ3n) is 3.19. The Morgan fingerprint density at radius 1 is 1.31 bits per heavy atom. The topological polar surface area (TPSA) is 21.3 Å². The largest absolute Gasteiger partial charge is 0.493 e. The van der Waals surface area contributed by atoms with Crippen LogP contribution < -0.4 is 10.1 Å². The van der Waals surface area contributed by atoms with Gasteiger partial charge in [0, 0.05) is 12.5 Å². The van der Waals surface area contributed by atoms with Crippen molar-refractivity contribution in [2.24, 2.45) is 5.92 Å². The molecule has 1 atom stereocenters. The molecule has 1 aromatic rings. The van der Waals surface area contributed by atoms with Crippen LogP contribution in [0.2, 0.25) is 0 Å². The second-order valence-electron chi connectivity index (χ2n) is 4.89. The molecule has 1 aliphatic heterocycles. The smallest absolute Gasteiger partial charge is 0.119 e. The van der Waals surface area contributed by atoms with Crippen LogP contribution in [0, 0.1) is 5.92 Å². The SMILES string of the molecule is CC(C)c1ccc(OC[C@H]2CCNC2)cc1. The van der Waals surface area contributed by atoms with E-state index in [1.54, 1.807) is 0 Å². The molecule has 0 unspecified atom stereocenters. The van der Waals surface area contributed by atoms with E-state index < -0.39 is 0 Å². The molecule has 1 heterocycles. The lowest BCUT2D eigenvalue weighted by Crippen LogP contribution is -2.15. The van der Waals surface area contributed by atoms with Crippen molar-refractivity contribution in [3.63, 3.8) is 0 Å². The van der Waals surface area contributed by atoms with Gasteiger partial charge in [0.25, 0.3) is 0 Å². The normalized spacial score (nSPS) is 20.3. The Bertz CT molecular complexity index is 312. The fourth-order valence-electron chi connectivity index (χ4n) is 2.02. The van der Waals surface area contributed by atoms with Crippen LogP contribution in [0.15, 0.2) is 24.3 Å². The van der Waals surface area contributed by atoms with Gasteiger partial charge < -0.3 is 10.1 Å². The van der Waals surface area contributed by atoms with Gasteiger partial charge in [-0.2, -0.15) is 0 Å². The highest BCUT2D eigenvalue weighted by Crippen LogP contribution is 2.19. The second-order valence-corrected chi connectivity index (χ2v) is 4.89. The lowest BCUT2D eigenvalue weighted by molar-refractivity contribution is 0.260. The number of benzene rings is 1. The van der Waals surface area contributed by atoms with Crippen LogP contribution in [0.1, 0.15) is 31.7 Å². The maximum Gasteiger partial charge on any atom is 0.119 e. The van der Waals surface area contributed by atoms with Crippen molar-refractivity contribution in [3.8, 4) is 5.75 Å². The predicted octanol–water partition coefficient (Wildman–Crippen LogP) is 2.80. The zero-order valence-corrected chi connectivity index (χ0v) is 10.2. The molecule has 1 aromatic carbocycles. The summed E-state index contributed by atoms with van der Waals surface area (Å²) in [4.78, 5) is 0. The van der Waals surface area contributed by atoms with E-state index in [2.05, 4.69) is 43.4 Å². The third-order valence-corrected chi connectivity index (χ3v) is 3.19.